The minimum absolute atomic E-state index is 0.00346. The summed E-state index contributed by atoms with van der Waals surface area (Å²) in [6, 6.07) is -0.901. The van der Waals surface area contributed by atoms with Crippen molar-refractivity contribution in [2.45, 2.75) is 360 Å². The average molecular weight is 1090 g/mol. The van der Waals surface area contributed by atoms with E-state index in [2.05, 4.69) is 31.3 Å². The van der Waals surface area contributed by atoms with Crippen molar-refractivity contribution in [3.05, 3.63) is 24.3 Å². The largest absolute Gasteiger partial charge is 0.756 e. The van der Waals surface area contributed by atoms with E-state index >= 15 is 0 Å². The maximum absolute atomic E-state index is 13.0. The van der Waals surface area contributed by atoms with Gasteiger partial charge in [0.25, 0.3) is 7.82 Å². The molecule has 0 saturated heterocycles. The zero-order valence-corrected chi connectivity index (χ0v) is 52.6. The number of aliphatic hydroxyl groups excluding tert-OH is 1. The summed E-state index contributed by atoms with van der Waals surface area (Å²) in [5.41, 5.74) is 0. The van der Waals surface area contributed by atoms with Gasteiger partial charge in [-0.25, -0.2) is 0 Å². The van der Waals surface area contributed by atoms with Gasteiger partial charge in [0, 0.05) is 6.42 Å². The first-order valence-corrected chi connectivity index (χ1v) is 35.2. The van der Waals surface area contributed by atoms with Gasteiger partial charge in [0.2, 0.25) is 5.91 Å². The van der Waals surface area contributed by atoms with E-state index in [4.69, 9.17) is 9.05 Å². The maximum Gasteiger partial charge on any atom is 0.268 e. The van der Waals surface area contributed by atoms with E-state index in [1.807, 2.05) is 27.2 Å². The van der Waals surface area contributed by atoms with Crippen molar-refractivity contribution in [3.8, 4) is 0 Å². The SMILES string of the molecule is CCCCCCCCCCCCCCCCCCCCCCCCCC/C=C/CC/C=C/C(O)C(COP(=O)([O-])OCC[N+](C)(C)C)NC(=O)CCCCCCCCCCCCCCCCCCCCCCCCCC. The normalized spacial score (nSPS) is 13.8. The number of phosphoric acid groups is 1. The van der Waals surface area contributed by atoms with Crippen molar-refractivity contribution in [3.63, 3.8) is 0 Å². The van der Waals surface area contributed by atoms with Gasteiger partial charge in [-0.05, 0) is 32.1 Å². The van der Waals surface area contributed by atoms with Crippen LogP contribution in [0.5, 0.6) is 0 Å². The molecule has 0 bridgehead atoms. The lowest BCUT2D eigenvalue weighted by Gasteiger charge is -2.29. The number of nitrogens with zero attached hydrogens (tertiary/aromatic N) is 1. The Labute approximate surface area is 474 Å². The van der Waals surface area contributed by atoms with Gasteiger partial charge in [0.05, 0.1) is 39.9 Å². The predicted octanol–water partition coefficient (Wildman–Crippen LogP) is 20.5. The van der Waals surface area contributed by atoms with Gasteiger partial charge in [0.15, 0.2) is 0 Å². The van der Waals surface area contributed by atoms with Gasteiger partial charge < -0.3 is 28.8 Å². The fourth-order valence-electron chi connectivity index (χ4n) is 10.4. The molecule has 76 heavy (non-hydrogen) atoms. The third kappa shape index (κ3) is 60.6. The minimum atomic E-state index is -4.61. The van der Waals surface area contributed by atoms with E-state index in [1.165, 1.54) is 289 Å². The Hall–Kier alpha value is -1.02. The molecule has 0 aliphatic carbocycles. The molecule has 0 aromatic rings. The van der Waals surface area contributed by atoms with Crippen LogP contribution < -0.4 is 10.2 Å². The number of carbonyl (C=O) groups excluding carboxylic acids is 1. The Kier molecular flexibility index (Phi) is 57.8. The highest BCUT2D eigenvalue weighted by Gasteiger charge is 2.23. The number of phosphoric ester groups is 1. The second kappa shape index (κ2) is 58.6. The molecule has 8 nitrogen and oxygen atoms in total. The van der Waals surface area contributed by atoms with Gasteiger partial charge in [-0.3, -0.25) is 9.36 Å². The van der Waals surface area contributed by atoms with E-state index in [9.17, 15) is 19.4 Å². The third-order valence-electron chi connectivity index (χ3n) is 15.7. The van der Waals surface area contributed by atoms with Crippen LogP contribution in [0.3, 0.4) is 0 Å². The number of aliphatic hydroxyl groups is 1. The fourth-order valence-corrected chi connectivity index (χ4v) is 11.1. The highest BCUT2D eigenvalue weighted by molar-refractivity contribution is 7.45. The molecule has 2 N–H and O–H groups in total. The van der Waals surface area contributed by atoms with Gasteiger partial charge in [-0.2, -0.15) is 0 Å². The average Bonchev–Trinajstić information content (AvgIpc) is 3.38. The Morgan fingerprint density at radius 2 is 0.737 bits per heavy atom. The van der Waals surface area contributed by atoms with Gasteiger partial charge in [0.1, 0.15) is 13.2 Å². The summed E-state index contributed by atoms with van der Waals surface area (Å²) in [4.78, 5) is 25.6. The maximum atomic E-state index is 13.0. The number of rotatable bonds is 63. The molecule has 9 heteroatoms. The molecular formula is C67H133N2O6P. The van der Waals surface area contributed by atoms with Crippen LogP contribution in [-0.4, -0.2) is 68.5 Å². The van der Waals surface area contributed by atoms with E-state index in [0.29, 0.717) is 17.4 Å². The molecule has 0 aromatic carbocycles. The zero-order valence-electron chi connectivity index (χ0n) is 51.7. The predicted molar refractivity (Wildman–Crippen MR) is 330 cm³/mol. The molecule has 452 valence electrons. The topological polar surface area (TPSA) is 108 Å². The molecular weight excluding hydrogens is 960 g/mol. The summed E-state index contributed by atoms with van der Waals surface area (Å²) in [5.74, 6) is -0.199. The molecule has 0 radical (unpaired) electrons. The summed E-state index contributed by atoms with van der Waals surface area (Å²) in [7, 11) is 1.26. The Balaban J connectivity index is 4.10. The molecule has 0 aliphatic rings. The van der Waals surface area contributed by atoms with Gasteiger partial charge in [-0.1, -0.05) is 334 Å². The first-order chi connectivity index (χ1) is 37.0. The molecule has 3 unspecified atom stereocenters. The minimum Gasteiger partial charge on any atom is -0.756 e. The van der Waals surface area contributed by atoms with Crippen LogP contribution in [0, 0.1) is 0 Å². The molecule has 0 aliphatic heterocycles. The van der Waals surface area contributed by atoms with Gasteiger partial charge in [-0.15, -0.1) is 0 Å². The number of likely N-dealkylation sites (N-methyl/N-ethyl adjacent to an activating group) is 1. The third-order valence-corrected chi connectivity index (χ3v) is 16.6. The van der Waals surface area contributed by atoms with Crippen molar-refractivity contribution in [2.75, 3.05) is 40.9 Å². The lowest BCUT2D eigenvalue weighted by atomic mass is 10.0. The summed E-state index contributed by atoms with van der Waals surface area (Å²) in [6.07, 6.45) is 75.8. The quantitative estimate of drug-likeness (QED) is 0.0272. The van der Waals surface area contributed by atoms with Crippen molar-refractivity contribution in [1.82, 2.24) is 5.32 Å². The number of unbranched alkanes of at least 4 members (excludes halogenated alkanes) is 48. The Morgan fingerprint density at radius 3 is 1.07 bits per heavy atom. The van der Waals surface area contributed by atoms with Crippen LogP contribution >= 0.6 is 7.82 Å². The van der Waals surface area contributed by atoms with Gasteiger partial charge >= 0.3 is 0 Å². The lowest BCUT2D eigenvalue weighted by molar-refractivity contribution is -0.870. The zero-order chi connectivity index (χ0) is 55.6. The summed E-state index contributed by atoms with van der Waals surface area (Å²) in [6.45, 7) is 4.69. The standard InChI is InChI=1S/C67H133N2O6P/c1-6-8-10-12-14-16-18-20-22-24-26-28-30-32-33-34-35-36-37-38-40-42-44-46-48-50-52-54-56-58-60-66(70)65(64-75-76(72,73)74-63-62-69(3,4)5)68-67(71)61-59-57-55-53-51-49-47-45-43-41-39-31-29-27-25-23-21-19-17-15-13-11-9-7-2/h50,52,58,60,65-66,70H,6-49,51,53-57,59,61-64H2,1-5H3,(H-,68,71,72,73)/b52-50+,60-58+. The van der Waals surface area contributed by atoms with Crippen LogP contribution in [0.15, 0.2) is 24.3 Å². The van der Waals surface area contributed by atoms with Crippen molar-refractivity contribution in [1.29, 1.82) is 0 Å². The monoisotopic (exact) mass is 1090 g/mol. The summed E-state index contributed by atoms with van der Waals surface area (Å²) >= 11 is 0. The van der Waals surface area contributed by atoms with Crippen LogP contribution in [0.1, 0.15) is 348 Å². The van der Waals surface area contributed by atoms with Crippen molar-refractivity contribution in [2.24, 2.45) is 0 Å². The molecule has 3 atom stereocenters. The number of amides is 1. The molecule has 0 aromatic heterocycles. The lowest BCUT2D eigenvalue weighted by Crippen LogP contribution is -2.45. The first kappa shape index (κ1) is 75.0. The van der Waals surface area contributed by atoms with Crippen LogP contribution in [0.4, 0.5) is 0 Å². The number of carbonyl (C=O) groups is 1. The number of nitrogens with one attached hydrogen (secondary N) is 1. The number of quaternary nitrogens is 1. The Bertz CT molecular complexity index is 1290. The molecule has 1 amide bonds. The van der Waals surface area contributed by atoms with E-state index < -0.39 is 20.0 Å². The van der Waals surface area contributed by atoms with Crippen molar-refractivity contribution < 1.29 is 32.9 Å². The number of hydrogen-bond acceptors (Lipinski definition) is 6. The second-order valence-electron chi connectivity index (χ2n) is 24.5. The number of hydrogen-bond donors (Lipinski definition) is 2. The fraction of sp³-hybridized carbons (Fsp3) is 0.925. The summed E-state index contributed by atoms with van der Waals surface area (Å²) < 4.78 is 23.4. The van der Waals surface area contributed by atoms with Crippen LogP contribution in [0.2, 0.25) is 0 Å². The molecule has 0 saturated carbocycles. The van der Waals surface area contributed by atoms with Crippen molar-refractivity contribution >= 4 is 13.7 Å². The molecule has 0 spiro atoms. The molecule has 0 rings (SSSR count). The molecule has 0 heterocycles. The van der Waals surface area contributed by atoms with E-state index in [-0.39, 0.29) is 19.1 Å². The Morgan fingerprint density at radius 1 is 0.447 bits per heavy atom. The first-order valence-electron chi connectivity index (χ1n) is 33.7. The van der Waals surface area contributed by atoms with E-state index in [1.54, 1.807) is 6.08 Å². The highest BCUT2D eigenvalue weighted by Crippen LogP contribution is 2.38. The molecule has 0 fully saturated rings. The van der Waals surface area contributed by atoms with E-state index in [0.717, 1.165) is 38.5 Å². The second-order valence-corrected chi connectivity index (χ2v) is 25.9. The van der Waals surface area contributed by atoms with Crippen LogP contribution in [0.25, 0.3) is 0 Å². The van der Waals surface area contributed by atoms with Crippen LogP contribution in [-0.2, 0) is 18.4 Å². The smallest absolute Gasteiger partial charge is 0.268 e. The number of allylic oxidation sites excluding steroid dienone is 3. The highest BCUT2D eigenvalue weighted by atomic mass is 31.2. The summed E-state index contributed by atoms with van der Waals surface area (Å²) in [5, 5.41) is 13.9.